The van der Waals surface area contributed by atoms with Crippen LogP contribution in [0.3, 0.4) is 0 Å². The molecule has 0 bridgehead atoms. The third-order valence-corrected chi connectivity index (χ3v) is 5.75. The number of ether oxygens (including phenoxy) is 2. The van der Waals surface area contributed by atoms with E-state index in [1.807, 2.05) is 48.5 Å². The van der Waals surface area contributed by atoms with Crippen molar-refractivity contribution in [1.29, 1.82) is 0 Å². The molecule has 3 aromatic carbocycles. The van der Waals surface area contributed by atoms with E-state index in [4.69, 9.17) is 9.47 Å². The zero-order valence-corrected chi connectivity index (χ0v) is 18.8. The van der Waals surface area contributed by atoms with Crippen LogP contribution in [0.4, 0.5) is 5.69 Å². The van der Waals surface area contributed by atoms with Crippen molar-refractivity contribution >= 4 is 40.8 Å². The number of anilines is 1. The number of aromatic hydroxyl groups is 1. The van der Waals surface area contributed by atoms with E-state index in [0.29, 0.717) is 15.8 Å². The van der Waals surface area contributed by atoms with Gasteiger partial charge in [0.2, 0.25) is 5.17 Å². The third-order valence-electron chi connectivity index (χ3n) is 4.79. The Morgan fingerprint density at radius 2 is 1.42 bits per heavy atom. The van der Waals surface area contributed by atoms with Gasteiger partial charge in [-0.3, -0.25) is 9.69 Å². The van der Waals surface area contributed by atoms with Gasteiger partial charge in [0.15, 0.2) is 0 Å². The summed E-state index contributed by atoms with van der Waals surface area (Å²) in [6.07, 6.45) is 3.41. The summed E-state index contributed by atoms with van der Waals surface area (Å²) in [5, 5.41) is 18.5. The van der Waals surface area contributed by atoms with E-state index in [2.05, 4.69) is 10.2 Å². The van der Waals surface area contributed by atoms with Gasteiger partial charge in [-0.25, -0.2) is 0 Å². The Kier molecular flexibility index (Phi) is 6.75. The highest BCUT2D eigenvalue weighted by molar-refractivity contribution is 8.19. The summed E-state index contributed by atoms with van der Waals surface area (Å²) in [5.41, 5.74) is 2.29. The van der Waals surface area contributed by atoms with Crippen molar-refractivity contribution in [2.45, 2.75) is 0 Å². The van der Waals surface area contributed by atoms with Crippen LogP contribution in [-0.4, -0.2) is 36.6 Å². The number of nitrogens with zero attached hydrogens (tertiary/aromatic N) is 3. The number of amides is 1. The molecular formula is C25H21N3O4S. The summed E-state index contributed by atoms with van der Waals surface area (Å²) in [7, 11) is 3.22. The number of phenols is 1. The summed E-state index contributed by atoms with van der Waals surface area (Å²) in [6.45, 7) is 0. The lowest BCUT2D eigenvalue weighted by Gasteiger charge is -2.14. The average Bonchev–Trinajstić information content (AvgIpc) is 3.15. The lowest BCUT2D eigenvalue weighted by Crippen LogP contribution is -2.28. The molecule has 8 heteroatoms. The second-order valence-corrected chi connectivity index (χ2v) is 7.95. The molecule has 0 aliphatic carbocycles. The predicted octanol–water partition coefficient (Wildman–Crippen LogP) is 4.92. The maximum Gasteiger partial charge on any atom is 0.271 e. The number of rotatable bonds is 6. The molecule has 4 rings (SSSR count). The summed E-state index contributed by atoms with van der Waals surface area (Å²) in [5.74, 6) is 1.38. The number of thioether (sulfide) groups is 1. The molecule has 0 radical (unpaired) electrons. The number of carbonyl (C=O) groups is 1. The summed E-state index contributed by atoms with van der Waals surface area (Å²) >= 11 is 1.23. The number of hydrogen-bond acceptors (Lipinski definition) is 7. The maximum atomic E-state index is 13.2. The van der Waals surface area contributed by atoms with E-state index in [9.17, 15) is 9.90 Å². The van der Waals surface area contributed by atoms with Crippen LogP contribution in [0.2, 0.25) is 0 Å². The van der Waals surface area contributed by atoms with E-state index in [1.165, 1.54) is 28.8 Å². The van der Waals surface area contributed by atoms with Gasteiger partial charge in [0, 0.05) is 0 Å². The van der Waals surface area contributed by atoms with Gasteiger partial charge in [-0.05, 0) is 89.6 Å². The van der Waals surface area contributed by atoms with Gasteiger partial charge in [0.1, 0.15) is 17.2 Å². The van der Waals surface area contributed by atoms with E-state index in [-0.39, 0.29) is 11.7 Å². The van der Waals surface area contributed by atoms with Crippen molar-refractivity contribution in [2.24, 2.45) is 10.2 Å². The standard InChI is InChI=1S/C25H21N3O4S/c1-31-21-11-3-17(4-12-21)15-23-24(30)28(19-7-9-20(29)10-8-19)25(33-23)27-26-16-18-5-13-22(32-2)14-6-18/h3-16,29H,1-2H3. The maximum absolute atomic E-state index is 13.2. The number of phenolic OH excluding ortho intramolecular Hbond substituents is 1. The third kappa shape index (κ3) is 5.24. The molecule has 1 aliphatic heterocycles. The molecule has 1 saturated heterocycles. The molecule has 33 heavy (non-hydrogen) atoms. The van der Waals surface area contributed by atoms with Crippen LogP contribution in [0.15, 0.2) is 87.9 Å². The highest BCUT2D eigenvalue weighted by atomic mass is 32.2. The summed E-state index contributed by atoms with van der Waals surface area (Å²) in [6, 6.07) is 21.2. The summed E-state index contributed by atoms with van der Waals surface area (Å²) < 4.78 is 10.4. The van der Waals surface area contributed by atoms with Crippen molar-refractivity contribution in [2.75, 3.05) is 19.1 Å². The molecule has 0 saturated carbocycles. The van der Waals surface area contributed by atoms with Crippen LogP contribution >= 0.6 is 11.8 Å². The van der Waals surface area contributed by atoms with Gasteiger partial charge in [0.05, 0.1) is 31.0 Å². The van der Waals surface area contributed by atoms with Crippen LogP contribution < -0.4 is 14.4 Å². The number of hydrogen-bond donors (Lipinski definition) is 1. The normalized spacial score (nSPS) is 16.2. The number of carbonyl (C=O) groups excluding carboxylic acids is 1. The Balaban J connectivity index is 1.64. The number of methoxy groups -OCH3 is 2. The first-order valence-electron chi connectivity index (χ1n) is 9.99. The molecule has 0 atom stereocenters. The zero-order valence-electron chi connectivity index (χ0n) is 18.0. The molecular weight excluding hydrogens is 438 g/mol. The van der Waals surface area contributed by atoms with Gasteiger partial charge >= 0.3 is 0 Å². The van der Waals surface area contributed by atoms with Gasteiger partial charge in [-0.1, -0.05) is 12.1 Å². The van der Waals surface area contributed by atoms with Crippen LogP contribution in [0.25, 0.3) is 6.08 Å². The Bertz CT molecular complexity index is 1220. The topological polar surface area (TPSA) is 83.7 Å². The number of amidine groups is 1. The Labute approximate surface area is 195 Å². The first-order valence-corrected chi connectivity index (χ1v) is 10.8. The smallest absolute Gasteiger partial charge is 0.271 e. The second kappa shape index (κ2) is 10.1. The molecule has 1 N–H and O–H groups in total. The molecule has 3 aromatic rings. The van der Waals surface area contributed by atoms with E-state index < -0.39 is 0 Å². The van der Waals surface area contributed by atoms with Crippen molar-refractivity contribution in [1.82, 2.24) is 0 Å². The van der Waals surface area contributed by atoms with Crippen LogP contribution in [0.1, 0.15) is 11.1 Å². The van der Waals surface area contributed by atoms with Crippen molar-refractivity contribution in [3.63, 3.8) is 0 Å². The predicted molar refractivity (Wildman–Crippen MR) is 132 cm³/mol. The van der Waals surface area contributed by atoms with Gasteiger partial charge < -0.3 is 14.6 Å². The fourth-order valence-corrected chi connectivity index (χ4v) is 3.99. The van der Waals surface area contributed by atoms with Gasteiger partial charge in [0.25, 0.3) is 5.91 Å². The summed E-state index contributed by atoms with van der Waals surface area (Å²) in [4.78, 5) is 15.2. The largest absolute Gasteiger partial charge is 0.508 e. The molecule has 1 aliphatic rings. The quantitative estimate of drug-likeness (QED) is 0.321. The highest BCUT2D eigenvalue weighted by Crippen LogP contribution is 2.36. The lowest BCUT2D eigenvalue weighted by atomic mass is 10.2. The van der Waals surface area contributed by atoms with Crippen molar-refractivity contribution in [3.8, 4) is 17.2 Å². The minimum Gasteiger partial charge on any atom is -0.508 e. The Hall–Kier alpha value is -4.04. The molecule has 166 valence electrons. The van der Waals surface area contributed by atoms with Gasteiger partial charge in [-0.15, -0.1) is 5.10 Å². The van der Waals surface area contributed by atoms with Gasteiger partial charge in [-0.2, -0.15) is 5.10 Å². The molecule has 1 fully saturated rings. The molecule has 0 spiro atoms. The van der Waals surface area contributed by atoms with E-state index >= 15 is 0 Å². The fraction of sp³-hybridized carbons (Fsp3) is 0.0800. The Morgan fingerprint density at radius 3 is 2.00 bits per heavy atom. The van der Waals surface area contributed by atoms with Crippen LogP contribution in [-0.2, 0) is 4.79 Å². The van der Waals surface area contributed by atoms with Crippen molar-refractivity contribution < 1.29 is 19.4 Å². The highest BCUT2D eigenvalue weighted by Gasteiger charge is 2.35. The molecule has 0 unspecified atom stereocenters. The Morgan fingerprint density at radius 1 is 0.848 bits per heavy atom. The molecule has 7 nitrogen and oxygen atoms in total. The first-order chi connectivity index (χ1) is 16.1. The minimum absolute atomic E-state index is 0.114. The van der Waals surface area contributed by atoms with E-state index in [1.54, 1.807) is 38.6 Å². The molecule has 1 amide bonds. The molecule has 0 aromatic heterocycles. The van der Waals surface area contributed by atoms with Crippen molar-refractivity contribution in [3.05, 3.63) is 88.8 Å². The monoisotopic (exact) mass is 459 g/mol. The van der Waals surface area contributed by atoms with Crippen LogP contribution in [0, 0.1) is 0 Å². The minimum atomic E-state index is -0.222. The average molecular weight is 460 g/mol. The first kappa shape index (κ1) is 22.2. The lowest BCUT2D eigenvalue weighted by molar-refractivity contribution is -0.113. The molecule has 1 heterocycles. The second-order valence-electron chi connectivity index (χ2n) is 6.94. The van der Waals surface area contributed by atoms with Crippen LogP contribution in [0.5, 0.6) is 17.2 Å². The zero-order chi connectivity index (χ0) is 23.2. The number of benzene rings is 3. The van der Waals surface area contributed by atoms with E-state index in [0.717, 1.165) is 22.6 Å². The fourth-order valence-electron chi connectivity index (χ4n) is 3.06. The SMILES string of the molecule is COc1ccc(C=NN=C2SC(=Cc3ccc(OC)cc3)C(=O)N2c2ccc(O)cc2)cc1.